The van der Waals surface area contributed by atoms with Gasteiger partial charge < -0.3 is 15.3 Å². The molecule has 3 rings (SSSR count). The van der Waals surface area contributed by atoms with E-state index in [0.717, 1.165) is 52.2 Å². The maximum Gasteiger partial charge on any atom is 0.226 e. The van der Waals surface area contributed by atoms with Crippen LogP contribution in [0, 0.1) is 11.3 Å². The molecule has 2 saturated heterocycles. The molecule has 1 spiro atoms. The van der Waals surface area contributed by atoms with E-state index < -0.39 is 0 Å². The summed E-state index contributed by atoms with van der Waals surface area (Å²) >= 11 is 0. The maximum atomic E-state index is 12.5. The van der Waals surface area contributed by atoms with Crippen molar-refractivity contribution in [3.63, 3.8) is 0 Å². The van der Waals surface area contributed by atoms with Gasteiger partial charge in [0.05, 0.1) is 6.61 Å². The molecule has 0 bridgehead atoms. The molecule has 0 aromatic carbocycles. The van der Waals surface area contributed by atoms with E-state index in [-0.39, 0.29) is 19.0 Å². The first-order valence-electron chi connectivity index (χ1n) is 7.58. The summed E-state index contributed by atoms with van der Waals surface area (Å²) < 4.78 is 0. The predicted molar refractivity (Wildman–Crippen MR) is 80.0 cm³/mol. The fourth-order valence-corrected chi connectivity index (χ4v) is 3.73. The number of aliphatic hydroxyl groups is 1. The van der Waals surface area contributed by atoms with Crippen LogP contribution in [0.2, 0.25) is 0 Å². The SMILES string of the molecule is Cl.O=C(C1CC12CCNCC2)N1CCN(CCO)CC1. The van der Waals surface area contributed by atoms with E-state index in [4.69, 9.17) is 5.11 Å². The number of amides is 1. The molecular weight excluding hydrogens is 278 g/mol. The molecule has 3 fully saturated rings. The largest absolute Gasteiger partial charge is 0.395 e. The minimum Gasteiger partial charge on any atom is -0.395 e. The highest BCUT2D eigenvalue weighted by molar-refractivity contribution is 5.85. The highest BCUT2D eigenvalue weighted by Gasteiger charge is 2.58. The van der Waals surface area contributed by atoms with Crippen LogP contribution in [0.5, 0.6) is 0 Å². The Morgan fingerprint density at radius 1 is 1.20 bits per heavy atom. The molecule has 116 valence electrons. The number of aliphatic hydroxyl groups excluding tert-OH is 1. The lowest BCUT2D eigenvalue weighted by atomic mass is 9.91. The number of hydrogen-bond acceptors (Lipinski definition) is 4. The number of halogens is 1. The number of carbonyl (C=O) groups excluding carboxylic acids is 1. The van der Waals surface area contributed by atoms with Crippen LogP contribution in [0.15, 0.2) is 0 Å². The zero-order valence-electron chi connectivity index (χ0n) is 12.0. The first-order valence-corrected chi connectivity index (χ1v) is 7.58. The van der Waals surface area contributed by atoms with Crippen LogP contribution in [-0.2, 0) is 4.79 Å². The maximum absolute atomic E-state index is 12.5. The van der Waals surface area contributed by atoms with Gasteiger partial charge in [0.15, 0.2) is 0 Å². The summed E-state index contributed by atoms with van der Waals surface area (Å²) in [6.45, 7) is 6.60. The minimum absolute atomic E-state index is 0. The van der Waals surface area contributed by atoms with E-state index in [2.05, 4.69) is 15.1 Å². The van der Waals surface area contributed by atoms with E-state index in [1.54, 1.807) is 0 Å². The van der Waals surface area contributed by atoms with Crippen LogP contribution >= 0.6 is 12.4 Å². The van der Waals surface area contributed by atoms with Crippen molar-refractivity contribution in [2.24, 2.45) is 11.3 Å². The number of nitrogens with zero attached hydrogens (tertiary/aromatic N) is 2. The van der Waals surface area contributed by atoms with Crippen molar-refractivity contribution >= 4 is 18.3 Å². The van der Waals surface area contributed by atoms with Gasteiger partial charge in [-0.15, -0.1) is 12.4 Å². The van der Waals surface area contributed by atoms with E-state index in [0.29, 0.717) is 17.2 Å². The van der Waals surface area contributed by atoms with Crippen molar-refractivity contribution < 1.29 is 9.90 Å². The molecule has 5 nitrogen and oxygen atoms in total. The number of β-amino-alcohol motifs (C(OH)–C–C–N with tert-alkyl or cyclic N) is 1. The van der Waals surface area contributed by atoms with Gasteiger partial charge in [-0.05, 0) is 37.8 Å². The first kappa shape index (κ1) is 16.0. The van der Waals surface area contributed by atoms with Crippen molar-refractivity contribution in [3.8, 4) is 0 Å². The number of piperazine rings is 1. The molecule has 0 aromatic heterocycles. The highest BCUT2D eigenvalue weighted by atomic mass is 35.5. The summed E-state index contributed by atoms with van der Waals surface area (Å²) in [7, 11) is 0. The lowest BCUT2D eigenvalue weighted by Gasteiger charge is -2.35. The fourth-order valence-electron chi connectivity index (χ4n) is 3.73. The Balaban J connectivity index is 0.00000147. The molecule has 1 atom stereocenters. The topological polar surface area (TPSA) is 55.8 Å². The van der Waals surface area contributed by atoms with E-state index in [9.17, 15) is 4.79 Å². The quantitative estimate of drug-likeness (QED) is 0.767. The Morgan fingerprint density at radius 3 is 2.45 bits per heavy atom. The van der Waals surface area contributed by atoms with Crippen molar-refractivity contribution in [2.75, 3.05) is 52.4 Å². The molecule has 1 aliphatic carbocycles. The van der Waals surface area contributed by atoms with Crippen LogP contribution in [-0.4, -0.2) is 73.2 Å². The summed E-state index contributed by atoms with van der Waals surface area (Å²) in [5.74, 6) is 0.699. The Kier molecular flexibility index (Phi) is 5.29. The Morgan fingerprint density at radius 2 is 1.85 bits per heavy atom. The summed E-state index contributed by atoms with van der Waals surface area (Å²) in [5, 5.41) is 12.3. The van der Waals surface area contributed by atoms with Crippen molar-refractivity contribution in [2.45, 2.75) is 19.3 Å². The average molecular weight is 304 g/mol. The van der Waals surface area contributed by atoms with Crippen LogP contribution in [0.1, 0.15) is 19.3 Å². The second kappa shape index (κ2) is 6.60. The number of piperidine rings is 1. The number of hydrogen-bond donors (Lipinski definition) is 2. The zero-order valence-corrected chi connectivity index (χ0v) is 12.8. The fraction of sp³-hybridized carbons (Fsp3) is 0.929. The minimum atomic E-state index is 0. The van der Waals surface area contributed by atoms with Crippen LogP contribution in [0.3, 0.4) is 0 Å². The van der Waals surface area contributed by atoms with Gasteiger partial charge >= 0.3 is 0 Å². The molecule has 1 saturated carbocycles. The molecule has 2 aliphatic heterocycles. The Labute approximate surface area is 127 Å². The van der Waals surface area contributed by atoms with Gasteiger partial charge in [-0.2, -0.15) is 0 Å². The Hall–Kier alpha value is -0.360. The molecule has 20 heavy (non-hydrogen) atoms. The summed E-state index contributed by atoms with van der Waals surface area (Å²) in [4.78, 5) is 16.8. The normalized spacial score (nSPS) is 29.1. The number of rotatable bonds is 3. The van der Waals surface area contributed by atoms with Crippen LogP contribution < -0.4 is 5.32 Å². The smallest absolute Gasteiger partial charge is 0.226 e. The highest BCUT2D eigenvalue weighted by Crippen LogP contribution is 2.59. The third-order valence-corrected chi connectivity index (χ3v) is 5.19. The van der Waals surface area contributed by atoms with Crippen molar-refractivity contribution in [1.82, 2.24) is 15.1 Å². The molecule has 1 amide bonds. The molecule has 0 aromatic rings. The van der Waals surface area contributed by atoms with Crippen molar-refractivity contribution in [3.05, 3.63) is 0 Å². The molecule has 0 radical (unpaired) electrons. The number of nitrogens with one attached hydrogen (secondary N) is 1. The molecule has 1 unspecified atom stereocenters. The van der Waals surface area contributed by atoms with Gasteiger partial charge in [-0.25, -0.2) is 0 Å². The standard InChI is InChI=1S/C14H25N3O2.ClH/c18-10-9-16-5-7-17(8-6-16)13(19)12-11-14(12)1-3-15-4-2-14;/h12,15,18H,1-11H2;1H. The van der Waals surface area contributed by atoms with Crippen LogP contribution in [0.25, 0.3) is 0 Å². The van der Waals surface area contributed by atoms with E-state index in [1.807, 2.05) is 0 Å². The zero-order chi connectivity index (χ0) is 13.3. The van der Waals surface area contributed by atoms with Crippen LogP contribution in [0.4, 0.5) is 0 Å². The summed E-state index contributed by atoms with van der Waals surface area (Å²) in [6.07, 6.45) is 3.46. The molecule has 3 aliphatic rings. The van der Waals surface area contributed by atoms with Gasteiger partial charge in [0.1, 0.15) is 0 Å². The lowest BCUT2D eigenvalue weighted by molar-refractivity contribution is -0.135. The molecular formula is C14H26ClN3O2. The Bertz CT molecular complexity index is 339. The second-order valence-electron chi connectivity index (χ2n) is 6.26. The predicted octanol–water partition coefficient (Wildman–Crippen LogP) is -0.0656. The average Bonchev–Trinajstić information content (AvgIpc) is 3.13. The monoisotopic (exact) mass is 303 g/mol. The summed E-state index contributed by atoms with van der Waals surface area (Å²) in [5.41, 5.74) is 0.352. The molecule has 2 N–H and O–H groups in total. The lowest BCUT2D eigenvalue weighted by Crippen LogP contribution is -2.50. The number of carbonyl (C=O) groups is 1. The molecule has 6 heteroatoms. The van der Waals surface area contributed by atoms with Gasteiger partial charge in [0.2, 0.25) is 5.91 Å². The van der Waals surface area contributed by atoms with E-state index in [1.165, 1.54) is 12.8 Å². The molecule has 2 heterocycles. The van der Waals surface area contributed by atoms with Crippen molar-refractivity contribution in [1.29, 1.82) is 0 Å². The third-order valence-electron chi connectivity index (χ3n) is 5.19. The summed E-state index contributed by atoms with van der Waals surface area (Å²) in [6, 6.07) is 0. The van der Waals surface area contributed by atoms with Gasteiger partial charge in [-0.3, -0.25) is 9.69 Å². The van der Waals surface area contributed by atoms with E-state index >= 15 is 0 Å². The van der Waals surface area contributed by atoms with Gasteiger partial charge in [0, 0.05) is 38.6 Å². The first-order chi connectivity index (χ1) is 9.25. The van der Waals surface area contributed by atoms with Gasteiger partial charge in [0.25, 0.3) is 0 Å². The third kappa shape index (κ3) is 3.11. The van der Waals surface area contributed by atoms with Gasteiger partial charge in [-0.1, -0.05) is 0 Å². The second-order valence-corrected chi connectivity index (χ2v) is 6.26.